The van der Waals surface area contributed by atoms with Crippen molar-refractivity contribution in [2.45, 2.75) is 75.5 Å². The second-order valence-corrected chi connectivity index (χ2v) is 8.37. The van der Waals surface area contributed by atoms with Crippen molar-refractivity contribution in [1.29, 1.82) is 0 Å². The Labute approximate surface area is 135 Å². The molecule has 130 valence electrons. The summed E-state index contributed by atoms with van der Waals surface area (Å²) < 4.78 is 39.7. The van der Waals surface area contributed by atoms with Gasteiger partial charge in [0.05, 0.1) is 0 Å². The smallest absolute Gasteiger partial charge is 0.333 e. The molecule has 0 aromatic carbocycles. The summed E-state index contributed by atoms with van der Waals surface area (Å²) in [5.41, 5.74) is -0.223. The number of amides is 2. The zero-order valence-electron chi connectivity index (χ0n) is 13.4. The number of rotatable bonds is 1. The summed E-state index contributed by atoms with van der Waals surface area (Å²) in [4.78, 5) is 13.7. The Balaban J connectivity index is 1.49. The van der Waals surface area contributed by atoms with Gasteiger partial charge in [-0.2, -0.15) is 13.2 Å². The number of urea groups is 1. The van der Waals surface area contributed by atoms with Crippen LogP contribution in [0.15, 0.2) is 0 Å². The predicted molar refractivity (Wildman–Crippen MR) is 79.8 cm³/mol. The van der Waals surface area contributed by atoms with Gasteiger partial charge in [0.2, 0.25) is 0 Å². The fourth-order valence-corrected chi connectivity index (χ4v) is 6.08. The first-order valence-electron chi connectivity index (χ1n) is 9.00. The average Bonchev–Trinajstić information content (AvgIpc) is 2.44. The van der Waals surface area contributed by atoms with Crippen LogP contribution in [0.4, 0.5) is 18.0 Å². The van der Waals surface area contributed by atoms with Crippen LogP contribution in [0.5, 0.6) is 0 Å². The predicted octanol–water partition coefficient (Wildman–Crippen LogP) is 4.08. The van der Waals surface area contributed by atoms with Crippen molar-refractivity contribution in [3.8, 4) is 0 Å². The Morgan fingerprint density at radius 2 is 1.57 bits per heavy atom. The first-order chi connectivity index (χ1) is 10.8. The number of halogens is 3. The molecule has 1 saturated heterocycles. The van der Waals surface area contributed by atoms with Gasteiger partial charge in [0, 0.05) is 12.1 Å². The monoisotopic (exact) mass is 330 g/mol. The lowest BCUT2D eigenvalue weighted by molar-refractivity contribution is -0.183. The molecule has 6 heteroatoms. The lowest BCUT2D eigenvalue weighted by atomic mass is 9.53. The second kappa shape index (κ2) is 5.28. The molecule has 4 bridgehead atoms. The molecule has 0 spiro atoms. The number of nitrogens with one attached hydrogen (secondary N) is 1. The van der Waals surface area contributed by atoms with Crippen LogP contribution in [0.3, 0.4) is 0 Å². The molecule has 5 rings (SSSR count). The number of alkyl halides is 3. The third-order valence-electron chi connectivity index (χ3n) is 6.55. The van der Waals surface area contributed by atoms with Crippen LogP contribution in [-0.2, 0) is 0 Å². The highest BCUT2D eigenvalue weighted by Gasteiger charge is 2.53. The molecule has 1 atom stereocenters. The standard InChI is InChI=1S/C17H25F3N2O/c18-17(19,20)14-3-1-2-4-22(14)15(23)21-16-8-11-5-12(9-16)7-13(6-11)10-16/h11-14H,1-10H2,(H,21,23). The summed E-state index contributed by atoms with van der Waals surface area (Å²) in [5.74, 6) is 2.00. The summed E-state index contributed by atoms with van der Waals surface area (Å²) >= 11 is 0. The summed E-state index contributed by atoms with van der Waals surface area (Å²) in [7, 11) is 0. The highest BCUT2D eigenvalue weighted by molar-refractivity contribution is 5.75. The van der Waals surface area contributed by atoms with E-state index in [0.717, 1.165) is 24.2 Å². The van der Waals surface area contributed by atoms with Crippen molar-refractivity contribution in [3.05, 3.63) is 0 Å². The maximum absolute atomic E-state index is 13.2. The second-order valence-electron chi connectivity index (χ2n) is 8.37. The molecular formula is C17H25F3N2O. The quantitative estimate of drug-likeness (QED) is 0.772. The van der Waals surface area contributed by atoms with Crippen LogP contribution in [0, 0.1) is 17.8 Å². The molecule has 5 aliphatic rings. The van der Waals surface area contributed by atoms with Crippen molar-refractivity contribution in [2.24, 2.45) is 17.8 Å². The molecule has 1 aliphatic heterocycles. The molecule has 1 heterocycles. The van der Waals surface area contributed by atoms with E-state index < -0.39 is 18.2 Å². The Kier molecular flexibility index (Phi) is 3.58. The van der Waals surface area contributed by atoms with Crippen LogP contribution in [0.25, 0.3) is 0 Å². The van der Waals surface area contributed by atoms with E-state index >= 15 is 0 Å². The molecule has 4 aliphatic carbocycles. The lowest BCUT2D eigenvalue weighted by Gasteiger charge is -2.57. The van der Waals surface area contributed by atoms with E-state index in [4.69, 9.17) is 0 Å². The van der Waals surface area contributed by atoms with Gasteiger partial charge in [-0.1, -0.05) is 0 Å². The molecule has 23 heavy (non-hydrogen) atoms. The van der Waals surface area contributed by atoms with E-state index in [9.17, 15) is 18.0 Å². The largest absolute Gasteiger partial charge is 0.408 e. The van der Waals surface area contributed by atoms with E-state index in [1.807, 2.05) is 0 Å². The third-order valence-corrected chi connectivity index (χ3v) is 6.55. The van der Waals surface area contributed by atoms with Gasteiger partial charge in [-0.05, 0) is 75.5 Å². The molecule has 4 saturated carbocycles. The SMILES string of the molecule is O=C(NC12CC3CC(CC(C3)C1)C2)N1CCCCC1C(F)(F)F. The first-order valence-corrected chi connectivity index (χ1v) is 9.00. The van der Waals surface area contributed by atoms with Gasteiger partial charge in [0.15, 0.2) is 0 Å². The van der Waals surface area contributed by atoms with E-state index in [0.29, 0.717) is 30.6 Å². The van der Waals surface area contributed by atoms with Gasteiger partial charge in [0.25, 0.3) is 0 Å². The molecule has 0 aromatic heterocycles. The Morgan fingerprint density at radius 3 is 2.09 bits per heavy atom. The van der Waals surface area contributed by atoms with E-state index in [2.05, 4.69) is 5.32 Å². The Bertz CT molecular complexity index is 455. The minimum absolute atomic E-state index is 0.0395. The fourth-order valence-electron chi connectivity index (χ4n) is 6.08. The molecule has 0 aromatic rings. The summed E-state index contributed by atoms with van der Waals surface area (Å²) in [6, 6.07) is -2.08. The fraction of sp³-hybridized carbons (Fsp3) is 0.941. The van der Waals surface area contributed by atoms with E-state index in [1.165, 1.54) is 19.3 Å². The molecule has 5 fully saturated rings. The molecular weight excluding hydrogens is 305 g/mol. The van der Waals surface area contributed by atoms with E-state index in [-0.39, 0.29) is 18.5 Å². The third kappa shape index (κ3) is 2.82. The summed E-state index contributed by atoms with van der Waals surface area (Å²) in [5, 5.41) is 3.08. The first kappa shape index (κ1) is 15.6. The minimum Gasteiger partial charge on any atom is -0.333 e. The Morgan fingerprint density at radius 1 is 1.00 bits per heavy atom. The molecule has 3 nitrogen and oxygen atoms in total. The maximum atomic E-state index is 13.2. The van der Waals surface area contributed by atoms with Gasteiger partial charge in [0.1, 0.15) is 6.04 Å². The van der Waals surface area contributed by atoms with Gasteiger partial charge in [-0.25, -0.2) is 4.79 Å². The number of carbonyl (C=O) groups excluding carboxylic acids is 1. The molecule has 2 amide bonds. The van der Waals surface area contributed by atoms with Crippen LogP contribution in [0.1, 0.15) is 57.8 Å². The number of carbonyl (C=O) groups is 1. The van der Waals surface area contributed by atoms with Gasteiger partial charge < -0.3 is 10.2 Å². The minimum atomic E-state index is -4.32. The molecule has 1 unspecified atom stereocenters. The molecule has 1 N–H and O–H groups in total. The number of hydrogen-bond acceptors (Lipinski definition) is 1. The van der Waals surface area contributed by atoms with Gasteiger partial charge in [-0.15, -0.1) is 0 Å². The van der Waals surface area contributed by atoms with Crippen molar-refractivity contribution in [2.75, 3.05) is 6.54 Å². The van der Waals surface area contributed by atoms with Crippen molar-refractivity contribution in [3.63, 3.8) is 0 Å². The van der Waals surface area contributed by atoms with Crippen LogP contribution in [0.2, 0.25) is 0 Å². The van der Waals surface area contributed by atoms with E-state index in [1.54, 1.807) is 0 Å². The Hall–Kier alpha value is -0.940. The van der Waals surface area contributed by atoms with Gasteiger partial charge >= 0.3 is 12.2 Å². The van der Waals surface area contributed by atoms with Crippen LogP contribution < -0.4 is 5.32 Å². The highest BCUT2D eigenvalue weighted by Crippen LogP contribution is 2.55. The van der Waals surface area contributed by atoms with Crippen molar-refractivity contribution in [1.82, 2.24) is 10.2 Å². The zero-order chi connectivity index (χ0) is 16.2. The van der Waals surface area contributed by atoms with Gasteiger partial charge in [-0.3, -0.25) is 0 Å². The highest BCUT2D eigenvalue weighted by atomic mass is 19.4. The topological polar surface area (TPSA) is 32.3 Å². The number of hydrogen-bond donors (Lipinski definition) is 1. The lowest BCUT2D eigenvalue weighted by Crippen LogP contribution is -2.64. The normalized spacial score (nSPS) is 42.8. The summed E-state index contributed by atoms with van der Waals surface area (Å²) in [6.45, 7) is 0.225. The zero-order valence-corrected chi connectivity index (χ0v) is 13.4. The molecule has 0 radical (unpaired) electrons. The number of likely N-dealkylation sites (tertiary alicyclic amines) is 1. The number of nitrogens with zero attached hydrogens (tertiary/aromatic N) is 1. The summed E-state index contributed by atoms with van der Waals surface area (Å²) in [6.07, 6.45) is 3.60. The van der Waals surface area contributed by atoms with Crippen molar-refractivity contribution < 1.29 is 18.0 Å². The average molecular weight is 330 g/mol. The van der Waals surface area contributed by atoms with Crippen LogP contribution in [-0.4, -0.2) is 35.2 Å². The maximum Gasteiger partial charge on any atom is 0.408 e. The van der Waals surface area contributed by atoms with Crippen molar-refractivity contribution >= 4 is 6.03 Å². The van der Waals surface area contributed by atoms with Crippen LogP contribution >= 0.6 is 0 Å². The number of piperidine rings is 1.